The lowest BCUT2D eigenvalue weighted by atomic mass is 10.2. The molecule has 1 fully saturated rings. The summed E-state index contributed by atoms with van der Waals surface area (Å²) < 4.78 is 7.33. The molecule has 0 aromatic carbocycles. The lowest BCUT2D eigenvalue weighted by Gasteiger charge is -2.08. The highest BCUT2D eigenvalue weighted by molar-refractivity contribution is 5.45. The summed E-state index contributed by atoms with van der Waals surface area (Å²) in [5.74, 6) is 0.672. The quantitative estimate of drug-likeness (QED) is 0.873. The molecule has 0 spiro atoms. The summed E-state index contributed by atoms with van der Waals surface area (Å²) in [6.45, 7) is 3.72. The average Bonchev–Trinajstić information content (AvgIpc) is 2.94. The summed E-state index contributed by atoms with van der Waals surface area (Å²) in [5, 5.41) is 7.58. The first-order valence-corrected chi connectivity index (χ1v) is 6.00. The SMILES string of the molecule is Cc1ccn2nc(NCC3CCCO3)nc2c1. The van der Waals surface area contributed by atoms with Crippen molar-refractivity contribution in [3.05, 3.63) is 23.9 Å². The van der Waals surface area contributed by atoms with Gasteiger partial charge in [0.1, 0.15) is 0 Å². The molecule has 3 heterocycles. The average molecular weight is 232 g/mol. The smallest absolute Gasteiger partial charge is 0.243 e. The summed E-state index contributed by atoms with van der Waals surface area (Å²) in [5.41, 5.74) is 2.07. The van der Waals surface area contributed by atoms with Crippen LogP contribution in [0.25, 0.3) is 5.65 Å². The van der Waals surface area contributed by atoms with E-state index in [1.165, 1.54) is 5.56 Å². The first kappa shape index (κ1) is 10.5. The van der Waals surface area contributed by atoms with Gasteiger partial charge in [0, 0.05) is 19.3 Å². The third-order valence-electron chi connectivity index (χ3n) is 3.00. The minimum atomic E-state index is 0.309. The van der Waals surface area contributed by atoms with Crippen molar-refractivity contribution in [1.29, 1.82) is 0 Å². The van der Waals surface area contributed by atoms with Crippen LogP contribution in [0.15, 0.2) is 18.3 Å². The molecular weight excluding hydrogens is 216 g/mol. The van der Waals surface area contributed by atoms with Gasteiger partial charge in [-0.2, -0.15) is 4.98 Å². The third kappa shape index (κ3) is 2.24. The maximum atomic E-state index is 5.54. The molecule has 0 radical (unpaired) electrons. The molecule has 2 aromatic heterocycles. The van der Waals surface area contributed by atoms with E-state index < -0.39 is 0 Å². The zero-order valence-electron chi connectivity index (χ0n) is 9.89. The number of ether oxygens (including phenoxy) is 1. The highest BCUT2D eigenvalue weighted by Crippen LogP contribution is 2.13. The van der Waals surface area contributed by atoms with Gasteiger partial charge in [0.05, 0.1) is 6.10 Å². The maximum absolute atomic E-state index is 5.54. The number of pyridine rings is 1. The molecule has 1 unspecified atom stereocenters. The zero-order chi connectivity index (χ0) is 11.7. The Morgan fingerprint density at radius 2 is 2.53 bits per heavy atom. The maximum Gasteiger partial charge on any atom is 0.243 e. The Kier molecular flexibility index (Phi) is 2.68. The van der Waals surface area contributed by atoms with Gasteiger partial charge in [0.15, 0.2) is 5.65 Å². The molecule has 5 nitrogen and oxygen atoms in total. The monoisotopic (exact) mass is 232 g/mol. The first-order valence-electron chi connectivity index (χ1n) is 6.00. The largest absolute Gasteiger partial charge is 0.376 e. The number of hydrogen-bond donors (Lipinski definition) is 1. The van der Waals surface area contributed by atoms with E-state index in [0.717, 1.165) is 31.6 Å². The van der Waals surface area contributed by atoms with E-state index >= 15 is 0 Å². The fourth-order valence-corrected chi connectivity index (χ4v) is 2.07. The number of nitrogens with zero attached hydrogens (tertiary/aromatic N) is 3. The van der Waals surface area contributed by atoms with Crippen molar-refractivity contribution in [3.63, 3.8) is 0 Å². The molecule has 1 aliphatic heterocycles. The van der Waals surface area contributed by atoms with E-state index in [-0.39, 0.29) is 0 Å². The topological polar surface area (TPSA) is 51.5 Å². The first-order chi connectivity index (χ1) is 8.31. The highest BCUT2D eigenvalue weighted by Gasteiger charge is 2.15. The minimum Gasteiger partial charge on any atom is -0.376 e. The Balaban J connectivity index is 1.72. The van der Waals surface area contributed by atoms with E-state index in [0.29, 0.717) is 12.1 Å². The van der Waals surface area contributed by atoms with Crippen molar-refractivity contribution >= 4 is 11.6 Å². The number of nitrogens with one attached hydrogen (secondary N) is 1. The van der Waals surface area contributed by atoms with Gasteiger partial charge in [-0.3, -0.25) is 0 Å². The van der Waals surface area contributed by atoms with Gasteiger partial charge in [-0.1, -0.05) is 0 Å². The van der Waals surface area contributed by atoms with Crippen LogP contribution in [0, 0.1) is 6.92 Å². The normalized spacial score (nSPS) is 19.9. The van der Waals surface area contributed by atoms with E-state index in [1.54, 1.807) is 4.52 Å². The van der Waals surface area contributed by atoms with Crippen molar-refractivity contribution in [1.82, 2.24) is 14.6 Å². The van der Waals surface area contributed by atoms with Crippen LogP contribution in [0.3, 0.4) is 0 Å². The molecule has 3 rings (SSSR count). The molecule has 0 saturated carbocycles. The highest BCUT2D eigenvalue weighted by atomic mass is 16.5. The van der Waals surface area contributed by atoms with Crippen LogP contribution in [0.5, 0.6) is 0 Å². The summed E-state index contributed by atoms with van der Waals surface area (Å²) in [6.07, 6.45) is 4.52. The van der Waals surface area contributed by atoms with Crippen LogP contribution >= 0.6 is 0 Å². The van der Waals surface area contributed by atoms with Crippen LogP contribution in [-0.2, 0) is 4.74 Å². The van der Waals surface area contributed by atoms with Crippen LogP contribution in [0.2, 0.25) is 0 Å². The zero-order valence-corrected chi connectivity index (χ0v) is 9.89. The van der Waals surface area contributed by atoms with Gasteiger partial charge in [0.2, 0.25) is 5.95 Å². The fourth-order valence-electron chi connectivity index (χ4n) is 2.07. The molecule has 1 atom stereocenters. The second kappa shape index (κ2) is 4.33. The summed E-state index contributed by atoms with van der Waals surface area (Å²) >= 11 is 0. The van der Waals surface area contributed by atoms with Gasteiger partial charge in [-0.05, 0) is 37.5 Å². The molecule has 17 heavy (non-hydrogen) atoms. The molecule has 1 N–H and O–H groups in total. The van der Waals surface area contributed by atoms with Gasteiger partial charge >= 0.3 is 0 Å². The van der Waals surface area contributed by atoms with Crippen LogP contribution in [0.4, 0.5) is 5.95 Å². The Labute approximate surface area is 99.8 Å². The standard InChI is InChI=1S/C12H16N4O/c1-9-4-5-16-11(7-9)14-12(15-16)13-8-10-3-2-6-17-10/h4-5,7,10H,2-3,6,8H2,1H3,(H,13,15). The lowest BCUT2D eigenvalue weighted by molar-refractivity contribution is 0.120. The Hall–Kier alpha value is -1.62. The molecule has 90 valence electrons. The van der Waals surface area contributed by atoms with E-state index in [4.69, 9.17) is 4.74 Å². The van der Waals surface area contributed by atoms with Crippen LogP contribution in [-0.4, -0.2) is 33.9 Å². The minimum absolute atomic E-state index is 0.309. The van der Waals surface area contributed by atoms with Crippen molar-refractivity contribution in [2.24, 2.45) is 0 Å². The molecule has 2 aromatic rings. The number of fused-ring (bicyclic) bond motifs is 1. The second-order valence-electron chi connectivity index (χ2n) is 4.46. The van der Waals surface area contributed by atoms with Gasteiger partial charge in [-0.15, -0.1) is 5.10 Å². The van der Waals surface area contributed by atoms with E-state index in [9.17, 15) is 0 Å². The van der Waals surface area contributed by atoms with Gasteiger partial charge in [-0.25, -0.2) is 4.52 Å². The van der Waals surface area contributed by atoms with Gasteiger partial charge in [0.25, 0.3) is 0 Å². The molecule has 0 amide bonds. The van der Waals surface area contributed by atoms with Crippen molar-refractivity contribution in [2.75, 3.05) is 18.5 Å². The van der Waals surface area contributed by atoms with Crippen LogP contribution < -0.4 is 5.32 Å². The summed E-state index contributed by atoms with van der Waals surface area (Å²) in [4.78, 5) is 4.42. The molecule has 0 bridgehead atoms. The van der Waals surface area contributed by atoms with Crippen molar-refractivity contribution in [2.45, 2.75) is 25.9 Å². The number of aryl methyl sites for hydroxylation is 1. The van der Waals surface area contributed by atoms with Crippen molar-refractivity contribution in [3.8, 4) is 0 Å². The predicted molar refractivity (Wildman–Crippen MR) is 65.2 cm³/mol. The van der Waals surface area contributed by atoms with E-state index in [2.05, 4.69) is 15.4 Å². The van der Waals surface area contributed by atoms with Crippen molar-refractivity contribution < 1.29 is 4.74 Å². The summed E-state index contributed by atoms with van der Waals surface area (Å²) in [7, 11) is 0. The Morgan fingerprint density at radius 3 is 3.35 bits per heavy atom. The fraction of sp³-hybridized carbons (Fsp3) is 0.500. The van der Waals surface area contributed by atoms with Gasteiger partial charge < -0.3 is 10.1 Å². The Bertz CT molecular complexity index is 516. The number of hydrogen-bond acceptors (Lipinski definition) is 4. The van der Waals surface area contributed by atoms with Crippen LogP contribution in [0.1, 0.15) is 18.4 Å². The molecular formula is C12H16N4O. The second-order valence-corrected chi connectivity index (χ2v) is 4.46. The summed E-state index contributed by atoms with van der Waals surface area (Å²) in [6, 6.07) is 4.04. The Morgan fingerprint density at radius 1 is 1.59 bits per heavy atom. The number of aromatic nitrogens is 3. The molecule has 5 heteroatoms. The number of anilines is 1. The molecule has 1 saturated heterocycles. The number of rotatable bonds is 3. The van der Waals surface area contributed by atoms with E-state index in [1.807, 2.05) is 25.3 Å². The lowest BCUT2D eigenvalue weighted by Crippen LogP contribution is -2.18. The molecule has 1 aliphatic rings. The third-order valence-corrected chi connectivity index (χ3v) is 3.00. The predicted octanol–water partition coefficient (Wildman–Crippen LogP) is 1.63. The molecule has 0 aliphatic carbocycles.